The summed E-state index contributed by atoms with van der Waals surface area (Å²) < 4.78 is 6.67. The Morgan fingerprint density at radius 2 is 1.93 bits per heavy atom. The summed E-state index contributed by atoms with van der Waals surface area (Å²) in [4.78, 5) is 18.5. The van der Waals surface area contributed by atoms with Gasteiger partial charge in [0.05, 0.1) is 5.70 Å². The molecule has 2 atom stereocenters. The third-order valence-corrected chi connectivity index (χ3v) is 5.42. The molecule has 6 heteroatoms. The van der Waals surface area contributed by atoms with Crippen molar-refractivity contribution in [3.63, 3.8) is 0 Å². The van der Waals surface area contributed by atoms with Crippen LogP contribution in [0.25, 0.3) is 16.5 Å². The fourth-order valence-corrected chi connectivity index (χ4v) is 3.98. The number of amides is 1. The van der Waals surface area contributed by atoms with Crippen molar-refractivity contribution < 1.29 is 9.53 Å². The number of rotatable bonds is 4. The van der Waals surface area contributed by atoms with Crippen LogP contribution in [0.3, 0.4) is 0 Å². The van der Waals surface area contributed by atoms with Gasteiger partial charge in [0.15, 0.2) is 0 Å². The molecule has 1 unspecified atom stereocenters. The SMILES string of the molecule is C=N/C=C(\NC1CC[C@H](C)N1C(=O)OC(C)(C)C)c1ccc2cc(Br)ccc2c1. The van der Waals surface area contributed by atoms with Gasteiger partial charge in [-0.25, -0.2) is 4.79 Å². The van der Waals surface area contributed by atoms with Crippen molar-refractivity contribution in [2.45, 2.75) is 58.3 Å². The Labute approximate surface area is 181 Å². The lowest BCUT2D eigenvalue weighted by molar-refractivity contribution is 0.0146. The number of benzene rings is 2. The van der Waals surface area contributed by atoms with Crippen LogP contribution in [0, 0.1) is 0 Å². The quantitative estimate of drug-likeness (QED) is 0.578. The van der Waals surface area contributed by atoms with Crippen molar-refractivity contribution in [2.75, 3.05) is 0 Å². The molecule has 0 radical (unpaired) electrons. The second-order valence-corrected chi connectivity index (χ2v) is 9.32. The fraction of sp³-hybridized carbons (Fsp3) is 0.391. The highest BCUT2D eigenvalue weighted by atomic mass is 79.9. The smallest absolute Gasteiger partial charge is 0.412 e. The first-order valence-corrected chi connectivity index (χ1v) is 10.6. The molecule has 3 rings (SSSR count). The van der Waals surface area contributed by atoms with E-state index in [0.29, 0.717) is 0 Å². The van der Waals surface area contributed by atoms with Crippen LogP contribution in [0.1, 0.15) is 46.1 Å². The number of aliphatic imine (C=N–C) groups is 1. The lowest BCUT2D eigenvalue weighted by atomic mass is 10.0. The van der Waals surface area contributed by atoms with Crippen molar-refractivity contribution in [1.29, 1.82) is 0 Å². The maximum Gasteiger partial charge on any atom is 0.412 e. The summed E-state index contributed by atoms with van der Waals surface area (Å²) in [6.07, 6.45) is 3.01. The molecule has 29 heavy (non-hydrogen) atoms. The maximum absolute atomic E-state index is 12.8. The molecule has 2 aromatic carbocycles. The number of hydrogen-bond acceptors (Lipinski definition) is 4. The second kappa shape index (κ2) is 8.57. The minimum atomic E-state index is -0.530. The standard InChI is InChI=1S/C23H28BrN3O2/c1-15-6-11-21(27(15)22(28)29-23(2,3)4)26-20(14-25-5)18-8-7-17-13-19(24)10-9-16(17)12-18/h7-10,12-15,21,26H,5-6,11H2,1-4H3/b20-14-/t15-,21?/m0/s1. The number of hydrogen-bond donors (Lipinski definition) is 1. The summed E-state index contributed by atoms with van der Waals surface area (Å²) in [5.41, 5.74) is 1.30. The zero-order chi connectivity index (χ0) is 21.2. The van der Waals surface area contributed by atoms with Gasteiger partial charge in [-0.1, -0.05) is 34.1 Å². The largest absolute Gasteiger partial charge is 0.444 e. The number of halogens is 1. The van der Waals surface area contributed by atoms with Crippen LogP contribution < -0.4 is 5.32 Å². The lowest BCUT2D eigenvalue weighted by Gasteiger charge is -2.32. The van der Waals surface area contributed by atoms with Gasteiger partial charge < -0.3 is 10.1 Å². The number of ether oxygens (including phenoxy) is 1. The molecule has 1 saturated heterocycles. The van der Waals surface area contributed by atoms with Crippen molar-refractivity contribution >= 4 is 45.2 Å². The normalized spacial score (nSPS) is 20.0. The molecule has 1 amide bonds. The van der Waals surface area contributed by atoms with Gasteiger partial charge in [0.2, 0.25) is 0 Å². The zero-order valence-electron chi connectivity index (χ0n) is 17.4. The minimum Gasteiger partial charge on any atom is -0.444 e. The van der Waals surface area contributed by atoms with Crippen LogP contribution in [0.5, 0.6) is 0 Å². The predicted molar refractivity (Wildman–Crippen MR) is 123 cm³/mol. The van der Waals surface area contributed by atoms with Crippen LogP contribution in [0.4, 0.5) is 4.79 Å². The number of nitrogens with one attached hydrogen (secondary N) is 1. The van der Waals surface area contributed by atoms with Gasteiger partial charge in [-0.3, -0.25) is 9.89 Å². The summed E-state index contributed by atoms with van der Waals surface area (Å²) in [7, 11) is 0. The highest BCUT2D eigenvalue weighted by Crippen LogP contribution is 2.28. The van der Waals surface area contributed by atoms with Gasteiger partial charge >= 0.3 is 6.09 Å². The molecule has 1 aliphatic rings. The van der Waals surface area contributed by atoms with Crippen LogP contribution in [-0.2, 0) is 4.74 Å². The van der Waals surface area contributed by atoms with Crippen molar-refractivity contribution in [1.82, 2.24) is 10.2 Å². The first-order valence-electron chi connectivity index (χ1n) is 9.81. The van der Waals surface area contributed by atoms with E-state index in [4.69, 9.17) is 4.74 Å². The van der Waals surface area contributed by atoms with Crippen molar-refractivity contribution in [3.8, 4) is 0 Å². The first-order chi connectivity index (χ1) is 13.7. The van der Waals surface area contributed by atoms with Gasteiger partial charge in [-0.2, -0.15) is 0 Å². The Kier molecular flexibility index (Phi) is 6.32. The molecular weight excluding hydrogens is 430 g/mol. The topological polar surface area (TPSA) is 53.9 Å². The van der Waals surface area contributed by atoms with E-state index in [9.17, 15) is 4.79 Å². The van der Waals surface area contributed by atoms with E-state index < -0.39 is 5.60 Å². The van der Waals surface area contributed by atoms with Gasteiger partial charge in [0.25, 0.3) is 0 Å². The predicted octanol–water partition coefficient (Wildman–Crippen LogP) is 5.94. The molecule has 1 aliphatic heterocycles. The molecule has 2 aromatic rings. The molecule has 0 aliphatic carbocycles. The molecule has 5 nitrogen and oxygen atoms in total. The summed E-state index contributed by atoms with van der Waals surface area (Å²) >= 11 is 3.51. The van der Waals surface area contributed by atoms with Crippen molar-refractivity contribution in [3.05, 3.63) is 52.6 Å². The Balaban J connectivity index is 1.86. The molecule has 1 fully saturated rings. The number of nitrogens with zero attached hydrogens (tertiary/aromatic N) is 2. The van der Waals surface area contributed by atoms with Gasteiger partial charge in [-0.15, -0.1) is 0 Å². The summed E-state index contributed by atoms with van der Waals surface area (Å²) in [6, 6.07) is 12.5. The Morgan fingerprint density at radius 3 is 2.62 bits per heavy atom. The molecule has 0 saturated carbocycles. The number of fused-ring (bicyclic) bond motifs is 1. The van der Waals surface area contributed by atoms with Crippen LogP contribution >= 0.6 is 15.9 Å². The van der Waals surface area contributed by atoms with E-state index in [1.54, 1.807) is 11.1 Å². The highest BCUT2D eigenvalue weighted by molar-refractivity contribution is 9.10. The molecule has 1 N–H and O–H groups in total. The average molecular weight is 458 g/mol. The van der Waals surface area contributed by atoms with Gasteiger partial charge in [0, 0.05) is 16.7 Å². The molecule has 154 valence electrons. The Morgan fingerprint density at radius 1 is 1.24 bits per heavy atom. The lowest BCUT2D eigenvalue weighted by Crippen LogP contribution is -2.48. The van der Waals surface area contributed by atoms with E-state index in [-0.39, 0.29) is 18.3 Å². The molecule has 0 spiro atoms. The molecule has 0 aromatic heterocycles. The summed E-state index contributed by atoms with van der Waals surface area (Å²) in [5, 5.41) is 5.78. The Hall–Kier alpha value is -2.34. The monoisotopic (exact) mass is 457 g/mol. The molecule has 0 bridgehead atoms. The van der Waals surface area contributed by atoms with E-state index >= 15 is 0 Å². The number of carbonyl (C=O) groups is 1. The minimum absolute atomic E-state index is 0.106. The van der Waals surface area contributed by atoms with E-state index in [0.717, 1.165) is 39.3 Å². The fourth-order valence-electron chi connectivity index (χ4n) is 3.60. The van der Waals surface area contributed by atoms with Crippen LogP contribution in [0.2, 0.25) is 0 Å². The zero-order valence-corrected chi connectivity index (χ0v) is 19.0. The third-order valence-electron chi connectivity index (χ3n) is 4.93. The summed E-state index contributed by atoms with van der Waals surface area (Å²) in [6.45, 7) is 11.3. The third kappa shape index (κ3) is 5.18. The van der Waals surface area contributed by atoms with Crippen LogP contribution in [0.15, 0.2) is 52.1 Å². The van der Waals surface area contributed by atoms with Crippen molar-refractivity contribution in [2.24, 2.45) is 4.99 Å². The molecule has 1 heterocycles. The highest BCUT2D eigenvalue weighted by Gasteiger charge is 2.37. The number of carbonyl (C=O) groups excluding carboxylic acids is 1. The summed E-state index contributed by atoms with van der Waals surface area (Å²) in [5.74, 6) is 0. The maximum atomic E-state index is 12.8. The first kappa shape index (κ1) is 21.4. The van der Waals surface area contributed by atoms with E-state index in [2.05, 4.69) is 70.2 Å². The number of likely N-dealkylation sites (tertiary alicyclic amines) is 1. The second-order valence-electron chi connectivity index (χ2n) is 8.41. The van der Waals surface area contributed by atoms with E-state index in [1.165, 1.54) is 0 Å². The average Bonchev–Trinajstić information content (AvgIpc) is 3.00. The van der Waals surface area contributed by atoms with Gasteiger partial charge in [-0.05, 0) is 81.8 Å². The van der Waals surface area contributed by atoms with Crippen LogP contribution in [-0.4, -0.2) is 35.5 Å². The Bertz CT molecular complexity index is 949. The molecular formula is C23H28BrN3O2. The van der Waals surface area contributed by atoms with E-state index in [1.807, 2.05) is 26.8 Å². The van der Waals surface area contributed by atoms with Gasteiger partial charge in [0.1, 0.15) is 11.8 Å².